The number of nitrogens with zero attached hydrogens (tertiary/aromatic N) is 1. The summed E-state index contributed by atoms with van der Waals surface area (Å²) in [4.78, 5) is 0. The van der Waals surface area contributed by atoms with E-state index in [1.54, 1.807) is 0 Å². The fraction of sp³-hybridized carbons (Fsp3) is 0.963. The molecule has 0 N–H and O–H groups in total. The summed E-state index contributed by atoms with van der Waals surface area (Å²) in [5.41, 5.74) is 1.05. The molecule has 30 heavy (non-hydrogen) atoms. The summed E-state index contributed by atoms with van der Waals surface area (Å²) >= 11 is 0. The van der Waals surface area contributed by atoms with Crippen molar-refractivity contribution in [2.24, 2.45) is 46.3 Å². The van der Waals surface area contributed by atoms with E-state index in [9.17, 15) is 0 Å². The number of unbranched alkanes of at least 4 members (excludes halogenated alkanes) is 1. The van der Waals surface area contributed by atoms with Gasteiger partial charge in [-0.15, -0.1) is 0 Å². The minimum absolute atomic E-state index is 0.225. The van der Waals surface area contributed by atoms with Crippen LogP contribution < -0.4 is 0 Å². The summed E-state index contributed by atoms with van der Waals surface area (Å²) in [5.74, 6) is 5.02. The smallest absolute Gasteiger partial charge is 0.168 e. The fourth-order valence-corrected chi connectivity index (χ4v) is 9.64. The summed E-state index contributed by atoms with van der Waals surface area (Å²) in [5, 5.41) is 8.93. The van der Waals surface area contributed by atoms with Crippen LogP contribution in [0, 0.1) is 57.7 Å². The zero-order valence-electron chi connectivity index (χ0n) is 19.6. The molecule has 0 aromatic heterocycles. The van der Waals surface area contributed by atoms with Gasteiger partial charge in [0.25, 0.3) is 0 Å². The summed E-state index contributed by atoms with van der Waals surface area (Å²) in [7, 11) is 0. The van der Waals surface area contributed by atoms with Crippen molar-refractivity contribution in [1.82, 2.24) is 0 Å². The lowest BCUT2D eigenvalue weighted by Gasteiger charge is -2.62. The third-order valence-electron chi connectivity index (χ3n) is 11.2. The summed E-state index contributed by atoms with van der Waals surface area (Å²) < 4.78 is 12.3. The van der Waals surface area contributed by atoms with E-state index in [0.29, 0.717) is 10.8 Å². The van der Waals surface area contributed by atoms with Crippen LogP contribution in [0.1, 0.15) is 97.8 Å². The highest BCUT2D eigenvalue weighted by atomic mass is 16.7. The highest BCUT2D eigenvalue weighted by Crippen LogP contribution is 2.69. The Bertz CT molecular complexity index is 679. The van der Waals surface area contributed by atoms with Crippen LogP contribution in [0.4, 0.5) is 0 Å². The lowest BCUT2D eigenvalue weighted by molar-refractivity contribution is -0.229. The van der Waals surface area contributed by atoms with Gasteiger partial charge in [0.2, 0.25) is 0 Å². The minimum atomic E-state index is -0.225. The zero-order valence-corrected chi connectivity index (χ0v) is 19.6. The second-order valence-electron chi connectivity index (χ2n) is 12.2. The molecule has 5 fully saturated rings. The van der Waals surface area contributed by atoms with Gasteiger partial charge < -0.3 is 9.47 Å². The first kappa shape index (κ1) is 21.3. The van der Waals surface area contributed by atoms with Crippen LogP contribution in [0.25, 0.3) is 0 Å². The molecule has 3 nitrogen and oxygen atoms in total. The van der Waals surface area contributed by atoms with Gasteiger partial charge in [-0.1, -0.05) is 20.8 Å². The predicted octanol–water partition coefficient (Wildman–Crippen LogP) is 6.72. The Hall–Kier alpha value is -0.590. The quantitative estimate of drug-likeness (QED) is 0.480. The molecule has 0 bridgehead atoms. The van der Waals surface area contributed by atoms with Gasteiger partial charge in [-0.3, -0.25) is 0 Å². The molecule has 5 aliphatic rings. The average Bonchev–Trinajstić information content (AvgIpc) is 3.33. The first-order chi connectivity index (χ1) is 14.4. The molecule has 168 valence electrons. The molecule has 5 rings (SSSR count). The van der Waals surface area contributed by atoms with Crippen molar-refractivity contribution in [3.8, 4) is 6.07 Å². The molecule has 0 amide bonds. The lowest BCUT2D eigenvalue weighted by Crippen LogP contribution is -2.56. The molecule has 1 spiro atoms. The highest BCUT2D eigenvalue weighted by molar-refractivity contribution is 5.10. The van der Waals surface area contributed by atoms with E-state index in [2.05, 4.69) is 26.8 Å². The molecular formula is C27H43NO2. The van der Waals surface area contributed by atoms with Crippen molar-refractivity contribution >= 4 is 0 Å². The van der Waals surface area contributed by atoms with Crippen molar-refractivity contribution in [2.75, 3.05) is 13.2 Å². The second-order valence-corrected chi connectivity index (χ2v) is 12.2. The van der Waals surface area contributed by atoms with Crippen LogP contribution in [0.3, 0.4) is 0 Å². The third-order valence-corrected chi connectivity index (χ3v) is 11.2. The summed E-state index contributed by atoms with van der Waals surface area (Å²) in [6.07, 6.45) is 15.2. The van der Waals surface area contributed by atoms with Crippen molar-refractivity contribution < 1.29 is 9.47 Å². The van der Waals surface area contributed by atoms with Gasteiger partial charge in [0.15, 0.2) is 5.79 Å². The van der Waals surface area contributed by atoms with Gasteiger partial charge in [-0.05, 0) is 104 Å². The van der Waals surface area contributed by atoms with E-state index in [1.165, 1.54) is 51.4 Å². The van der Waals surface area contributed by atoms with Gasteiger partial charge in [-0.2, -0.15) is 5.26 Å². The van der Waals surface area contributed by atoms with Crippen LogP contribution in [-0.4, -0.2) is 19.0 Å². The molecular weight excluding hydrogens is 370 g/mol. The van der Waals surface area contributed by atoms with Gasteiger partial charge in [0, 0.05) is 19.3 Å². The Morgan fingerprint density at radius 2 is 1.70 bits per heavy atom. The molecule has 8 atom stereocenters. The third kappa shape index (κ3) is 3.19. The van der Waals surface area contributed by atoms with Gasteiger partial charge in [-0.25, -0.2) is 0 Å². The lowest BCUT2D eigenvalue weighted by atomic mass is 9.44. The molecule has 3 heteroatoms. The second kappa shape index (κ2) is 7.77. The first-order valence-electron chi connectivity index (χ1n) is 13.1. The van der Waals surface area contributed by atoms with Crippen LogP contribution in [-0.2, 0) is 9.47 Å². The predicted molar refractivity (Wildman–Crippen MR) is 118 cm³/mol. The first-order valence-corrected chi connectivity index (χ1v) is 13.1. The Morgan fingerprint density at radius 3 is 2.47 bits per heavy atom. The number of rotatable bonds is 4. The highest BCUT2D eigenvalue weighted by Gasteiger charge is 2.62. The van der Waals surface area contributed by atoms with Crippen LogP contribution in [0.2, 0.25) is 0 Å². The molecule has 4 aliphatic carbocycles. The van der Waals surface area contributed by atoms with Crippen molar-refractivity contribution in [3.63, 3.8) is 0 Å². The van der Waals surface area contributed by atoms with Gasteiger partial charge in [0.1, 0.15) is 0 Å². The number of ether oxygens (including phenoxy) is 2. The van der Waals surface area contributed by atoms with Crippen LogP contribution >= 0.6 is 0 Å². The zero-order chi connectivity index (χ0) is 21.0. The topological polar surface area (TPSA) is 42.2 Å². The number of hydrogen-bond donors (Lipinski definition) is 0. The van der Waals surface area contributed by atoms with Gasteiger partial charge >= 0.3 is 0 Å². The number of hydrogen-bond acceptors (Lipinski definition) is 3. The van der Waals surface area contributed by atoms with Crippen molar-refractivity contribution in [2.45, 2.75) is 104 Å². The normalized spacial score (nSPS) is 47.9. The average molecular weight is 414 g/mol. The van der Waals surface area contributed by atoms with E-state index >= 15 is 0 Å². The van der Waals surface area contributed by atoms with Crippen LogP contribution in [0.15, 0.2) is 0 Å². The molecule has 0 radical (unpaired) electrons. The molecule has 4 unspecified atom stereocenters. The molecule has 1 saturated heterocycles. The van der Waals surface area contributed by atoms with E-state index in [0.717, 1.165) is 74.4 Å². The van der Waals surface area contributed by atoms with E-state index < -0.39 is 0 Å². The van der Waals surface area contributed by atoms with Crippen molar-refractivity contribution in [3.05, 3.63) is 0 Å². The Balaban J connectivity index is 1.31. The number of nitriles is 1. The Morgan fingerprint density at radius 1 is 0.933 bits per heavy atom. The van der Waals surface area contributed by atoms with Crippen molar-refractivity contribution in [1.29, 1.82) is 5.26 Å². The number of fused-ring (bicyclic) bond motifs is 5. The van der Waals surface area contributed by atoms with E-state index in [4.69, 9.17) is 14.7 Å². The summed E-state index contributed by atoms with van der Waals surface area (Å²) in [6.45, 7) is 9.39. The largest absolute Gasteiger partial charge is 0.348 e. The Labute approximate surface area is 184 Å². The molecule has 1 heterocycles. The SMILES string of the molecule is CC(CCCC#N)[C@H]1CCC2C3CC[C@H]4CC5(CC[C@]4(C)C3CC[C@@]21C)OCCO5. The maximum absolute atomic E-state index is 8.93. The summed E-state index contributed by atoms with van der Waals surface area (Å²) in [6, 6.07) is 2.35. The van der Waals surface area contributed by atoms with E-state index in [-0.39, 0.29) is 5.79 Å². The minimum Gasteiger partial charge on any atom is -0.348 e. The fourth-order valence-electron chi connectivity index (χ4n) is 9.64. The van der Waals surface area contributed by atoms with Crippen LogP contribution in [0.5, 0.6) is 0 Å². The monoisotopic (exact) mass is 413 g/mol. The van der Waals surface area contributed by atoms with Gasteiger partial charge in [0.05, 0.1) is 19.3 Å². The Kier molecular flexibility index (Phi) is 5.51. The molecule has 4 saturated carbocycles. The maximum Gasteiger partial charge on any atom is 0.168 e. The standard InChI is InChI=1S/C27H43NO2/c1-19(6-4-5-15-28)22-9-10-23-21-8-7-20-18-27(29-16-17-30-27)14-13-25(20,2)24(21)11-12-26(22,23)3/h19-24H,4-14,16-18H2,1-3H3/t19?,20-,21?,22+,23?,24?,25-,26+/m0/s1. The van der Waals surface area contributed by atoms with E-state index in [1.807, 2.05) is 0 Å². The molecule has 0 aromatic carbocycles. The molecule has 1 aliphatic heterocycles. The maximum atomic E-state index is 8.93. The molecule has 0 aromatic rings.